The number of ether oxygens (including phenoxy) is 1. The lowest BCUT2D eigenvalue weighted by molar-refractivity contribution is 0.0523. The second-order valence-electron chi connectivity index (χ2n) is 7.63. The van der Waals surface area contributed by atoms with E-state index in [1.807, 2.05) is 6.07 Å². The molecule has 3 rings (SSSR count). The lowest BCUT2D eigenvalue weighted by atomic mass is 10.0. The van der Waals surface area contributed by atoms with Crippen LogP contribution in [0.15, 0.2) is 48.9 Å². The number of nitriles is 1. The van der Waals surface area contributed by atoms with Gasteiger partial charge in [0.2, 0.25) is 0 Å². The third kappa shape index (κ3) is 5.20. The first kappa shape index (κ1) is 21.0. The van der Waals surface area contributed by atoms with Crippen LogP contribution in [0.2, 0.25) is 0 Å². The van der Waals surface area contributed by atoms with Gasteiger partial charge in [-0.1, -0.05) is 0 Å². The molecule has 0 aliphatic heterocycles. The first-order valence-electron chi connectivity index (χ1n) is 9.37. The highest BCUT2D eigenvalue weighted by atomic mass is 19.1. The molecular weight excluding hydrogens is 385 g/mol. The number of halogens is 1. The molecule has 0 saturated heterocycles. The maximum atomic E-state index is 13.3. The number of imidazole rings is 1. The van der Waals surface area contributed by atoms with Gasteiger partial charge in [-0.25, -0.2) is 14.2 Å². The number of amides is 1. The van der Waals surface area contributed by atoms with Crippen LogP contribution in [0.4, 0.5) is 9.18 Å². The first-order chi connectivity index (χ1) is 14.3. The molecule has 8 heteroatoms. The zero-order valence-corrected chi connectivity index (χ0v) is 17.0. The van der Waals surface area contributed by atoms with Crippen molar-refractivity contribution in [3.8, 4) is 28.7 Å². The van der Waals surface area contributed by atoms with Gasteiger partial charge in [0.05, 0.1) is 11.8 Å². The minimum Gasteiger partial charge on any atom is -0.444 e. The number of pyridine rings is 1. The van der Waals surface area contributed by atoms with E-state index in [-0.39, 0.29) is 18.9 Å². The summed E-state index contributed by atoms with van der Waals surface area (Å²) in [5, 5.41) is 11.8. The molecule has 0 fully saturated rings. The Balaban J connectivity index is 1.97. The van der Waals surface area contributed by atoms with Gasteiger partial charge >= 0.3 is 6.09 Å². The van der Waals surface area contributed by atoms with E-state index < -0.39 is 11.7 Å². The van der Waals surface area contributed by atoms with Gasteiger partial charge in [0.15, 0.2) is 0 Å². The molecule has 2 heterocycles. The Morgan fingerprint density at radius 2 is 2.00 bits per heavy atom. The number of carbonyl (C=O) groups is 1. The van der Waals surface area contributed by atoms with Gasteiger partial charge in [0.1, 0.15) is 23.8 Å². The molecule has 3 aromatic rings. The predicted octanol–water partition coefficient (Wildman–Crippen LogP) is 4.30. The highest BCUT2D eigenvalue weighted by molar-refractivity contribution is 5.71. The SMILES string of the molecule is CC(C)(C)OC(=O)NCc1cnc(-c2ccc(F)cc2)cc1-c1nccn1CC#N. The highest BCUT2D eigenvalue weighted by Gasteiger charge is 2.18. The molecule has 0 saturated carbocycles. The molecule has 1 N–H and O–H groups in total. The van der Waals surface area contributed by atoms with E-state index in [1.54, 1.807) is 56.1 Å². The molecule has 0 atom stereocenters. The second-order valence-corrected chi connectivity index (χ2v) is 7.63. The van der Waals surface area contributed by atoms with Gasteiger partial charge in [-0.2, -0.15) is 5.26 Å². The average Bonchev–Trinajstić information content (AvgIpc) is 3.14. The normalized spacial score (nSPS) is 11.0. The van der Waals surface area contributed by atoms with Crippen LogP contribution in [0.1, 0.15) is 26.3 Å². The van der Waals surface area contributed by atoms with Gasteiger partial charge in [-0.15, -0.1) is 0 Å². The van der Waals surface area contributed by atoms with E-state index in [1.165, 1.54) is 12.1 Å². The molecule has 30 heavy (non-hydrogen) atoms. The number of aromatic nitrogens is 3. The number of hydrogen-bond donors (Lipinski definition) is 1. The van der Waals surface area contributed by atoms with Crippen molar-refractivity contribution in [2.45, 2.75) is 39.5 Å². The topological polar surface area (TPSA) is 92.8 Å². The number of hydrogen-bond acceptors (Lipinski definition) is 5. The van der Waals surface area contributed by atoms with Crippen LogP contribution < -0.4 is 5.32 Å². The molecule has 154 valence electrons. The van der Waals surface area contributed by atoms with Crippen LogP contribution in [0.5, 0.6) is 0 Å². The summed E-state index contributed by atoms with van der Waals surface area (Å²) in [7, 11) is 0. The minimum atomic E-state index is -0.610. The number of benzene rings is 1. The molecular formula is C22H22FN5O2. The quantitative estimate of drug-likeness (QED) is 0.681. The minimum absolute atomic E-state index is 0.127. The predicted molar refractivity (Wildman–Crippen MR) is 110 cm³/mol. The van der Waals surface area contributed by atoms with Crippen molar-refractivity contribution in [1.29, 1.82) is 5.26 Å². The Kier molecular flexibility index (Phi) is 6.11. The standard InChI is InChI=1S/C22H22FN5O2/c1-22(2,3)30-21(29)27-14-16-13-26-19(15-4-6-17(23)7-5-15)12-18(16)20-25-9-11-28(20)10-8-24/h4-7,9,11-13H,10,14H2,1-3H3,(H,27,29). The maximum absolute atomic E-state index is 13.3. The number of alkyl carbamates (subject to hydrolysis) is 1. The zero-order valence-electron chi connectivity index (χ0n) is 17.0. The van der Waals surface area contributed by atoms with E-state index in [9.17, 15) is 9.18 Å². The Hall–Kier alpha value is -3.73. The summed E-state index contributed by atoms with van der Waals surface area (Å²) in [6.45, 7) is 5.66. The van der Waals surface area contributed by atoms with Crippen molar-refractivity contribution in [2.24, 2.45) is 0 Å². The summed E-state index contributed by atoms with van der Waals surface area (Å²) in [5.74, 6) is 0.241. The number of carbonyl (C=O) groups excluding carboxylic acids is 1. The van der Waals surface area contributed by atoms with Crippen molar-refractivity contribution in [3.05, 3.63) is 60.3 Å². The van der Waals surface area contributed by atoms with Crippen molar-refractivity contribution in [3.63, 3.8) is 0 Å². The number of nitrogens with zero attached hydrogens (tertiary/aromatic N) is 4. The van der Waals surface area contributed by atoms with Gasteiger partial charge < -0.3 is 14.6 Å². The van der Waals surface area contributed by atoms with Crippen molar-refractivity contribution >= 4 is 6.09 Å². The molecule has 1 amide bonds. The van der Waals surface area contributed by atoms with Crippen LogP contribution in [-0.4, -0.2) is 26.2 Å². The fourth-order valence-corrected chi connectivity index (χ4v) is 2.85. The van der Waals surface area contributed by atoms with Gasteiger partial charge in [0, 0.05) is 41.8 Å². The van der Waals surface area contributed by atoms with E-state index in [4.69, 9.17) is 10.00 Å². The van der Waals surface area contributed by atoms with E-state index in [0.717, 1.165) is 5.56 Å². The highest BCUT2D eigenvalue weighted by Crippen LogP contribution is 2.27. The first-order valence-corrected chi connectivity index (χ1v) is 9.37. The van der Waals surface area contributed by atoms with Gasteiger partial charge in [-0.3, -0.25) is 4.98 Å². The number of rotatable bonds is 5. The summed E-state index contributed by atoms with van der Waals surface area (Å²) in [5.41, 5.74) is 2.17. The lowest BCUT2D eigenvalue weighted by Gasteiger charge is -2.20. The molecule has 0 radical (unpaired) electrons. The lowest BCUT2D eigenvalue weighted by Crippen LogP contribution is -2.32. The van der Waals surface area contributed by atoms with Crippen LogP contribution in [0, 0.1) is 17.1 Å². The van der Waals surface area contributed by atoms with Crippen molar-refractivity contribution in [2.75, 3.05) is 0 Å². The Morgan fingerprint density at radius 3 is 2.67 bits per heavy atom. The Morgan fingerprint density at radius 1 is 1.27 bits per heavy atom. The van der Waals surface area contributed by atoms with Gasteiger partial charge in [-0.05, 0) is 51.1 Å². The third-order valence-corrected chi connectivity index (χ3v) is 4.15. The molecule has 0 aliphatic rings. The smallest absolute Gasteiger partial charge is 0.407 e. The summed E-state index contributed by atoms with van der Waals surface area (Å²) < 4.78 is 20.3. The molecule has 0 aliphatic carbocycles. The van der Waals surface area contributed by atoms with Crippen LogP contribution in [-0.2, 0) is 17.8 Å². The fraction of sp³-hybridized carbons (Fsp3) is 0.273. The van der Waals surface area contributed by atoms with E-state index in [0.29, 0.717) is 22.6 Å². The van der Waals surface area contributed by atoms with Crippen LogP contribution >= 0.6 is 0 Å². The molecule has 2 aromatic heterocycles. The summed E-state index contributed by atoms with van der Waals surface area (Å²) >= 11 is 0. The van der Waals surface area contributed by atoms with E-state index in [2.05, 4.69) is 21.4 Å². The van der Waals surface area contributed by atoms with Gasteiger partial charge in [0.25, 0.3) is 0 Å². The average molecular weight is 407 g/mol. The van der Waals surface area contributed by atoms with Crippen LogP contribution in [0.25, 0.3) is 22.6 Å². The maximum Gasteiger partial charge on any atom is 0.407 e. The summed E-state index contributed by atoms with van der Waals surface area (Å²) in [6, 6.07) is 9.93. The van der Waals surface area contributed by atoms with E-state index >= 15 is 0 Å². The summed E-state index contributed by atoms with van der Waals surface area (Å²) in [6.07, 6.45) is 4.41. The van der Waals surface area contributed by atoms with Crippen molar-refractivity contribution in [1.82, 2.24) is 19.9 Å². The summed E-state index contributed by atoms with van der Waals surface area (Å²) in [4.78, 5) is 20.9. The molecule has 0 spiro atoms. The molecule has 7 nitrogen and oxygen atoms in total. The Labute approximate surface area is 174 Å². The molecule has 0 bridgehead atoms. The van der Waals surface area contributed by atoms with Crippen LogP contribution in [0.3, 0.4) is 0 Å². The number of nitrogens with one attached hydrogen (secondary N) is 1. The third-order valence-electron chi connectivity index (χ3n) is 4.15. The van der Waals surface area contributed by atoms with Crippen molar-refractivity contribution < 1.29 is 13.9 Å². The molecule has 1 aromatic carbocycles. The second kappa shape index (κ2) is 8.74. The molecule has 0 unspecified atom stereocenters. The monoisotopic (exact) mass is 407 g/mol. The Bertz CT molecular complexity index is 1080. The zero-order chi connectivity index (χ0) is 21.7. The fourth-order valence-electron chi connectivity index (χ4n) is 2.85. The largest absolute Gasteiger partial charge is 0.444 e.